The Bertz CT molecular complexity index is 354. The van der Waals surface area contributed by atoms with E-state index in [0.29, 0.717) is 17.9 Å². The molecule has 0 spiro atoms. The molecular weight excluding hydrogens is 229 g/mol. The first-order valence-electron chi connectivity index (χ1n) is 6.78. The second-order valence-electron chi connectivity index (χ2n) is 4.60. The van der Waals surface area contributed by atoms with Crippen molar-refractivity contribution in [3.8, 4) is 5.75 Å². The van der Waals surface area contributed by atoms with Crippen LogP contribution < -0.4 is 10.1 Å². The molecule has 1 N–H and O–H groups in total. The van der Waals surface area contributed by atoms with Crippen molar-refractivity contribution in [3.05, 3.63) is 29.6 Å². The van der Waals surface area contributed by atoms with Gasteiger partial charge in [0.25, 0.3) is 0 Å². The van der Waals surface area contributed by atoms with Crippen molar-refractivity contribution in [1.82, 2.24) is 5.32 Å². The summed E-state index contributed by atoms with van der Waals surface area (Å²) < 4.78 is 19.3. The lowest BCUT2D eigenvalue weighted by molar-refractivity contribution is 0.303. The van der Waals surface area contributed by atoms with Crippen LogP contribution in [0, 0.1) is 5.82 Å². The van der Waals surface area contributed by atoms with Gasteiger partial charge in [0.15, 0.2) is 0 Å². The Morgan fingerprint density at radius 1 is 1.28 bits per heavy atom. The van der Waals surface area contributed by atoms with Gasteiger partial charge in [-0.05, 0) is 26.5 Å². The van der Waals surface area contributed by atoms with Crippen LogP contribution in [0.2, 0.25) is 0 Å². The van der Waals surface area contributed by atoms with Crippen molar-refractivity contribution < 1.29 is 9.13 Å². The van der Waals surface area contributed by atoms with Crippen LogP contribution in [0.25, 0.3) is 0 Å². The molecule has 0 amide bonds. The minimum atomic E-state index is -0.206. The second-order valence-corrected chi connectivity index (χ2v) is 4.60. The highest BCUT2D eigenvalue weighted by atomic mass is 19.1. The number of hydrogen-bond donors (Lipinski definition) is 1. The molecule has 0 fully saturated rings. The average Bonchev–Trinajstić information content (AvgIpc) is 2.38. The molecule has 0 aliphatic carbocycles. The van der Waals surface area contributed by atoms with E-state index in [1.54, 1.807) is 6.07 Å². The molecule has 1 unspecified atom stereocenters. The summed E-state index contributed by atoms with van der Waals surface area (Å²) in [5, 5.41) is 3.03. The highest BCUT2D eigenvalue weighted by Gasteiger charge is 2.09. The van der Waals surface area contributed by atoms with Crippen LogP contribution in [-0.2, 0) is 0 Å². The number of nitrogens with one attached hydrogen (secondary N) is 1. The zero-order chi connectivity index (χ0) is 13.4. The van der Waals surface area contributed by atoms with Gasteiger partial charge in [0.05, 0.1) is 6.61 Å². The van der Waals surface area contributed by atoms with Crippen LogP contribution in [0.1, 0.15) is 51.1 Å². The molecule has 0 saturated heterocycles. The van der Waals surface area contributed by atoms with Crippen molar-refractivity contribution in [1.29, 1.82) is 0 Å². The molecule has 0 aromatic heterocycles. The summed E-state index contributed by atoms with van der Waals surface area (Å²) in [5.74, 6) is 0.416. The van der Waals surface area contributed by atoms with E-state index in [0.717, 1.165) is 6.42 Å². The third-order valence-electron chi connectivity index (χ3n) is 3.14. The summed E-state index contributed by atoms with van der Waals surface area (Å²) in [6.45, 7) is 4.78. The van der Waals surface area contributed by atoms with Crippen LogP contribution >= 0.6 is 0 Å². The van der Waals surface area contributed by atoms with Crippen LogP contribution in [0.15, 0.2) is 18.2 Å². The van der Waals surface area contributed by atoms with Crippen LogP contribution in [-0.4, -0.2) is 13.7 Å². The number of ether oxygens (including phenoxy) is 1. The molecular formula is C15H24FNO. The summed E-state index contributed by atoms with van der Waals surface area (Å²) in [5.41, 5.74) is 0.677. The first-order chi connectivity index (χ1) is 8.69. The van der Waals surface area contributed by atoms with Crippen molar-refractivity contribution in [2.45, 2.75) is 45.6 Å². The van der Waals surface area contributed by atoms with Gasteiger partial charge in [-0.1, -0.05) is 32.3 Å². The maximum atomic E-state index is 13.8. The highest BCUT2D eigenvalue weighted by molar-refractivity contribution is 5.30. The topological polar surface area (TPSA) is 21.3 Å². The van der Waals surface area contributed by atoms with Gasteiger partial charge in [-0.2, -0.15) is 0 Å². The summed E-state index contributed by atoms with van der Waals surface area (Å²) in [4.78, 5) is 0. The normalized spacial score (nSPS) is 12.4. The Hall–Kier alpha value is -1.09. The minimum Gasteiger partial charge on any atom is -0.493 e. The third-order valence-corrected chi connectivity index (χ3v) is 3.14. The fourth-order valence-corrected chi connectivity index (χ4v) is 1.82. The van der Waals surface area contributed by atoms with Gasteiger partial charge in [-0.15, -0.1) is 0 Å². The van der Waals surface area contributed by atoms with E-state index in [1.165, 1.54) is 25.3 Å². The van der Waals surface area contributed by atoms with Gasteiger partial charge in [0, 0.05) is 17.7 Å². The Morgan fingerprint density at radius 2 is 2.06 bits per heavy atom. The number of rotatable bonds is 8. The van der Waals surface area contributed by atoms with Crippen molar-refractivity contribution in [3.63, 3.8) is 0 Å². The van der Waals surface area contributed by atoms with E-state index in [-0.39, 0.29) is 11.9 Å². The molecule has 102 valence electrons. The third kappa shape index (κ3) is 4.65. The lowest BCUT2D eigenvalue weighted by atomic mass is 10.1. The Kier molecular flexibility index (Phi) is 6.73. The molecule has 0 bridgehead atoms. The van der Waals surface area contributed by atoms with Crippen molar-refractivity contribution >= 4 is 0 Å². The molecule has 0 saturated carbocycles. The van der Waals surface area contributed by atoms with E-state index < -0.39 is 0 Å². The van der Waals surface area contributed by atoms with Crippen LogP contribution in [0.3, 0.4) is 0 Å². The van der Waals surface area contributed by atoms with E-state index in [2.05, 4.69) is 12.2 Å². The molecule has 0 radical (unpaired) electrons. The first-order valence-corrected chi connectivity index (χ1v) is 6.78. The van der Waals surface area contributed by atoms with Gasteiger partial charge < -0.3 is 10.1 Å². The lowest BCUT2D eigenvalue weighted by Crippen LogP contribution is -2.13. The highest BCUT2D eigenvalue weighted by Crippen LogP contribution is 2.21. The molecule has 1 rings (SSSR count). The largest absolute Gasteiger partial charge is 0.493 e. The Morgan fingerprint density at radius 3 is 2.67 bits per heavy atom. The van der Waals surface area contributed by atoms with E-state index in [4.69, 9.17) is 4.74 Å². The molecule has 3 heteroatoms. The number of benzene rings is 1. The predicted molar refractivity (Wildman–Crippen MR) is 73.5 cm³/mol. The lowest BCUT2D eigenvalue weighted by Gasteiger charge is -2.13. The first kappa shape index (κ1) is 15.0. The average molecular weight is 253 g/mol. The minimum absolute atomic E-state index is 0.0172. The smallest absolute Gasteiger partial charge is 0.131 e. The number of hydrogen-bond acceptors (Lipinski definition) is 2. The monoisotopic (exact) mass is 253 g/mol. The maximum absolute atomic E-state index is 13.8. The molecule has 18 heavy (non-hydrogen) atoms. The quantitative estimate of drug-likeness (QED) is 0.705. The second kappa shape index (κ2) is 8.09. The Labute approximate surface area is 110 Å². The fraction of sp³-hybridized carbons (Fsp3) is 0.600. The van der Waals surface area contributed by atoms with Gasteiger partial charge in [-0.3, -0.25) is 0 Å². The zero-order valence-corrected chi connectivity index (χ0v) is 11.6. The molecule has 0 aliphatic heterocycles. The number of halogens is 1. The summed E-state index contributed by atoms with van der Waals surface area (Å²) in [6, 6.07) is 5.12. The fourth-order valence-electron chi connectivity index (χ4n) is 1.82. The molecule has 1 aromatic rings. The zero-order valence-electron chi connectivity index (χ0n) is 11.6. The van der Waals surface area contributed by atoms with Gasteiger partial charge >= 0.3 is 0 Å². The van der Waals surface area contributed by atoms with E-state index in [1.807, 2.05) is 20.0 Å². The standard InChI is InChI=1S/C15H24FNO/c1-4-5-6-7-10-18-13-8-9-14(12(2)17-3)15(16)11-13/h8-9,11-12,17H,4-7,10H2,1-3H3. The predicted octanol–water partition coefficient (Wildman–Crippen LogP) is 4.07. The van der Waals surface area contributed by atoms with E-state index in [9.17, 15) is 4.39 Å². The molecule has 1 atom stereocenters. The summed E-state index contributed by atoms with van der Waals surface area (Å²) >= 11 is 0. The van der Waals surface area contributed by atoms with Gasteiger partial charge in [0.1, 0.15) is 11.6 Å². The van der Waals surface area contributed by atoms with E-state index >= 15 is 0 Å². The molecule has 0 heterocycles. The molecule has 0 aliphatic rings. The Balaban J connectivity index is 2.46. The van der Waals surface area contributed by atoms with Crippen molar-refractivity contribution in [2.24, 2.45) is 0 Å². The van der Waals surface area contributed by atoms with Crippen molar-refractivity contribution in [2.75, 3.05) is 13.7 Å². The molecule has 2 nitrogen and oxygen atoms in total. The SMILES string of the molecule is CCCCCCOc1ccc(C(C)NC)c(F)c1. The van der Waals surface area contributed by atoms with Gasteiger partial charge in [0.2, 0.25) is 0 Å². The summed E-state index contributed by atoms with van der Waals surface area (Å²) in [6.07, 6.45) is 4.65. The van der Waals surface area contributed by atoms with Gasteiger partial charge in [-0.25, -0.2) is 4.39 Å². The summed E-state index contributed by atoms with van der Waals surface area (Å²) in [7, 11) is 1.82. The number of unbranched alkanes of at least 4 members (excludes halogenated alkanes) is 3. The van der Waals surface area contributed by atoms with Crippen LogP contribution in [0.5, 0.6) is 5.75 Å². The van der Waals surface area contributed by atoms with Crippen LogP contribution in [0.4, 0.5) is 4.39 Å². The molecule has 1 aromatic carbocycles. The maximum Gasteiger partial charge on any atom is 0.131 e.